The fraction of sp³-hybridized carbons (Fsp3) is 0.417. The minimum absolute atomic E-state index is 0.102. The molecule has 2 heterocycles. The Bertz CT molecular complexity index is 586. The first-order valence-corrected chi connectivity index (χ1v) is 7.05. The van der Waals surface area contributed by atoms with E-state index in [4.69, 9.17) is 4.74 Å². The number of aromatic nitrogens is 2. The standard InChI is InChI=1S/C12H17N5O2S/c1-13-12-16-10(8-3-6-20-11(8)17-12)15-7-9(18)14-4-5-19-2/h3,6H,4-5,7H2,1-2H3,(H,14,18)(H2,13,15,16,17). The van der Waals surface area contributed by atoms with Gasteiger partial charge in [-0.1, -0.05) is 0 Å². The first kappa shape index (κ1) is 14.5. The van der Waals surface area contributed by atoms with Gasteiger partial charge < -0.3 is 20.7 Å². The van der Waals surface area contributed by atoms with Crippen LogP contribution >= 0.6 is 11.3 Å². The number of thiophene rings is 1. The highest BCUT2D eigenvalue weighted by molar-refractivity contribution is 7.16. The second-order valence-corrected chi connectivity index (χ2v) is 4.88. The van der Waals surface area contributed by atoms with Gasteiger partial charge in [0.1, 0.15) is 10.6 Å². The van der Waals surface area contributed by atoms with Crippen molar-refractivity contribution >= 4 is 39.2 Å². The molecule has 0 saturated carbocycles. The van der Waals surface area contributed by atoms with Crippen LogP contribution in [-0.4, -0.2) is 49.7 Å². The van der Waals surface area contributed by atoms with Crippen molar-refractivity contribution in [3.8, 4) is 0 Å². The molecule has 0 aliphatic heterocycles. The SMILES string of the molecule is CNc1nc(NCC(=O)NCCOC)c2ccsc2n1. The highest BCUT2D eigenvalue weighted by Gasteiger charge is 2.09. The molecule has 2 rings (SSSR count). The molecule has 8 heteroatoms. The van der Waals surface area contributed by atoms with E-state index in [1.54, 1.807) is 14.2 Å². The maximum Gasteiger partial charge on any atom is 0.239 e. The largest absolute Gasteiger partial charge is 0.383 e. The lowest BCUT2D eigenvalue weighted by Gasteiger charge is -2.09. The molecular formula is C12H17N5O2S. The van der Waals surface area contributed by atoms with Gasteiger partial charge in [0.2, 0.25) is 11.9 Å². The first-order chi connectivity index (χ1) is 9.74. The van der Waals surface area contributed by atoms with Crippen LogP contribution in [0.25, 0.3) is 10.2 Å². The highest BCUT2D eigenvalue weighted by Crippen LogP contribution is 2.26. The van der Waals surface area contributed by atoms with Crippen LogP contribution in [0.2, 0.25) is 0 Å². The normalized spacial score (nSPS) is 10.5. The van der Waals surface area contributed by atoms with Crippen molar-refractivity contribution in [2.45, 2.75) is 0 Å². The molecule has 0 aliphatic rings. The summed E-state index contributed by atoms with van der Waals surface area (Å²) in [5, 5.41) is 11.5. The van der Waals surface area contributed by atoms with Crippen LogP contribution < -0.4 is 16.0 Å². The molecule has 0 atom stereocenters. The monoisotopic (exact) mass is 295 g/mol. The number of amides is 1. The van der Waals surface area contributed by atoms with E-state index in [1.165, 1.54) is 11.3 Å². The quantitative estimate of drug-likeness (QED) is 0.658. The van der Waals surface area contributed by atoms with Gasteiger partial charge in [-0.05, 0) is 11.4 Å². The van der Waals surface area contributed by atoms with Crippen LogP contribution in [-0.2, 0) is 9.53 Å². The number of carbonyl (C=O) groups is 1. The molecule has 0 spiro atoms. The molecule has 0 fully saturated rings. The fourth-order valence-electron chi connectivity index (χ4n) is 1.62. The van der Waals surface area contributed by atoms with Crippen LogP contribution in [0.4, 0.5) is 11.8 Å². The third-order valence-corrected chi connectivity index (χ3v) is 3.40. The van der Waals surface area contributed by atoms with Gasteiger partial charge in [0, 0.05) is 20.7 Å². The Hall–Kier alpha value is -1.93. The predicted molar refractivity (Wildman–Crippen MR) is 80.3 cm³/mol. The van der Waals surface area contributed by atoms with Crippen molar-refractivity contribution in [1.82, 2.24) is 15.3 Å². The number of anilines is 2. The van der Waals surface area contributed by atoms with Crippen molar-refractivity contribution in [2.24, 2.45) is 0 Å². The fourth-order valence-corrected chi connectivity index (χ4v) is 2.38. The van der Waals surface area contributed by atoms with Crippen LogP contribution in [0.3, 0.4) is 0 Å². The second kappa shape index (κ2) is 7.01. The van der Waals surface area contributed by atoms with Gasteiger partial charge in [-0.25, -0.2) is 4.98 Å². The van der Waals surface area contributed by atoms with Gasteiger partial charge in [0.15, 0.2) is 0 Å². The third-order valence-electron chi connectivity index (χ3n) is 2.59. The zero-order chi connectivity index (χ0) is 14.4. The van der Waals surface area contributed by atoms with Gasteiger partial charge in [-0.3, -0.25) is 4.79 Å². The van der Waals surface area contributed by atoms with Crippen molar-refractivity contribution in [3.63, 3.8) is 0 Å². The zero-order valence-electron chi connectivity index (χ0n) is 11.4. The predicted octanol–water partition coefficient (Wildman–Crippen LogP) is 0.907. The molecule has 0 bridgehead atoms. The van der Waals surface area contributed by atoms with Crippen molar-refractivity contribution in [3.05, 3.63) is 11.4 Å². The third kappa shape index (κ3) is 3.55. The number of methoxy groups -OCH3 is 1. The number of rotatable bonds is 7. The Morgan fingerprint density at radius 2 is 2.30 bits per heavy atom. The topological polar surface area (TPSA) is 88.2 Å². The molecule has 2 aromatic heterocycles. The molecule has 2 aromatic rings. The number of carbonyl (C=O) groups excluding carboxylic acids is 1. The Labute approximate surface area is 120 Å². The highest BCUT2D eigenvalue weighted by atomic mass is 32.1. The minimum atomic E-state index is -0.102. The van der Waals surface area contributed by atoms with Gasteiger partial charge >= 0.3 is 0 Å². The van der Waals surface area contributed by atoms with Crippen molar-refractivity contribution < 1.29 is 9.53 Å². The Morgan fingerprint density at radius 1 is 1.45 bits per heavy atom. The van der Waals surface area contributed by atoms with Crippen LogP contribution in [0.5, 0.6) is 0 Å². The molecule has 7 nitrogen and oxygen atoms in total. The molecule has 0 unspecified atom stereocenters. The summed E-state index contributed by atoms with van der Waals surface area (Å²) in [6.07, 6.45) is 0. The number of hydrogen-bond acceptors (Lipinski definition) is 7. The lowest BCUT2D eigenvalue weighted by Crippen LogP contribution is -2.32. The van der Waals surface area contributed by atoms with E-state index >= 15 is 0 Å². The van der Waals surface area contributed by atoms with Crippen LogP contribution in [0.15, 0.2) is 11.4 Å². The molecule has 0 radical (unpaired) electrons. The maximum atomic E-state index is 11.6. The Kier molecular flexibility index (Phi) is 5.08. The van der Waals surface area contributed by atoms with E-state index in [2.05, 4.69) is 25.9 Å². The minimum Gasteiger partial charge on any atom is -0.383 e. The maximum absolute atomic E-state index is 11.6. The molecule has 0 aliphatic carbocycles. The molecular weight excluding hydrogens is 278 g/mol. The van der Waals surface area contributed by atoms with E-state index in [-0.39, 0.29) is 12.5 Å². The molecule has 20 heavy (non-hydrogen) atoms. The van der Waals surface area contributed by atoms with Gasteiger partial charge in [-0.2, -0.15) is 4.98 Å². The smallest absolute Gasteiger partial charge is 0.239 e. The number of nitrogens with zero attached hydrogens (tertiary/aromatic N) is 2. The Morgan fingerprint density at radius 3 is 3.05 bits per heavy atom. The van der Waals surface area contributed by atoms with Gasteiger partial charge in [0.25, 0.3) is 0 Å². The van der Waals surface area contributed by atoms with E-state index < -0.39 is 0 Å². The summed E-state index contributed by atoms with van der Waals surface area (Å²) in [6, 6.07) is 1.94. The van der Waals surface area contributed by atoms with Crippen molar-refractivity contribution in [1.29, 1.82) is 0 Å². The average Bonchev–Trinajstić information content (AvgIpc) is 2.93. The number of hydrogen-bond donors (Lipinski definition) is 3. The van der Waals surface area contributed by atoms with Crippen LogP contribution in [0, 0.1) is 0 Å². The summed E-state index contributed by atoms with van der Waals surface area (Å²) >= 11 is 1.53. The number of nitrogens with one attached hydrogen (secondary N) is 3. The zero-order valence-corrected chi connectivity index (χ0v) is 12.2. The lowest BCUT2D eigenvalue weighted by atomic mass is 10.3. The van der Waals surface area contributed by atoms with E-state index in [0.29, 0.717) is 24.9 Å². The van der Waals surface area contributed by atoms with Gasteiger partial charge in [0.05, 0.1) is 18.5 Å². The molecule has 108 valence electrons. The van der Waals surface area contributed by atoms with E-state index in [1.807, 2.05) is 11.4 Å². The summed E-state index contributed by atoms with van der Waals surface area (Å²) in [7, 11) is 3.36. The number of ether oxygens (including phenoxy) is 1. The first-order valence-electron chi connectivity index (χ1n) is 6.17. The summed E-state index contributed by atoms with van der Waals surface area (Å²) in [5.41, 5.74) is 0. The summed E-state index contributed by atoms with van der Waals surface area (Å²) in [5.74, 6) is 1.08. The van der Waals surface area contributed by atoms with Crippen LogP contribution in [0.1, 0.15) is 0 Å². The number of fused-ring (bicyclic) bond motifs is 1. The lowest BCUT2D eigenvalue weighted by molar-refractivity contribution is -0.119. The molecule has 0 aromatic carbocycles. The molecule has 1 amide bonds. The summed E-state index contributed by atoms with van der Waals surface area (Å²) in [6.45, 7) is 1.16. The summed E-state index contributed by atoms with van der Waals surface area (Å²) < 4.78 is 4.87. The molecule has 0 saturated heterocycles. The van der Waals surface area contributed by atoms with Gasteiger partial charge in [-0.15, -0.1) is 11.3 Å². The average molecular weight is 295 g/mol. The van der Waals surface area contributed by atoms with E-state index in [0.717, 1.165) is 10.2 Å². The Balaban J connectivity index is 2.01. The summed E-state index contributed by atoms with van der Waals surface area (Å²) in [4.78, 5) is 21.2. The molecule has 3 N–H and O–H groups in total. The van der Waals surface area contributed by atoms with Crippen molar-refractivity contribution in [2.75, 3.05) is 44.5 Å². The van der Waals surface area contributed by atoms with E-state index in [9.17, 15) is 4.79 Å². The second-order valence-electron chi connectivity index (χ2n) is 3.98.